The molecule has 0 aliphatic rings. The van der Waals surface area contributed by atoms with Gasteiger partial charge in [-0.1, -0.05) is 73.7 Å². The fraction of sp³-hybridized carbons (Fsp3) is 1.00. The van der Waals surface area contributed by atoms with Gasteiger partial charge in [-0.25, -0.2) is 0 Å². The first kappa shape index (κ1) is 24.6. The van der Waals surface area contributed by atoms with Crippen LogP contribution in [0.5, 0.6) is 0 Å². The minimum atomic E-state index is -2.40. The Morgan fingerprint density at radius 2 is 0.875 bits per heavy atom. The van der Waals surface area contributed by atoms with Crippen LogP contribution in [-0.4, -0.2) is 34.0 Å². The van der Waals surface area contributed by atoms with Crippen LogP contribution in [0, 0.1) is 0 Å². The number of alkyl halides is 1. The van der Waals surface area contributed by atoms with Crippen molar-refractivity contribution in [3.8, 4) is 0 Å². The van der Waals surface area contributed by atoms with Crippen LogP contribution < -0.4 is 0 Å². The van der Waals surface area contributed by atoms with Crippen molar-refractivity contribution >= 4 is 24.7 Å². The molecular weight excluding hydrogens is 384 g/mol. The molecule has 24 heavy (non-hydrogen) atoms. The normalized spacial score (nSPS) is 12.0. The van der Waals surface area contributed by atoms with E-state index in [0.717, 1.165) is 11.4 Å². The molecular formula is C19H41BrO3Si. The van der Waals surface area contributed by atoms with Gasteiger partial charge >= 0.3 is 8.80 Å². The van der Waals surface area contributed by atoms with Crippen LogP contribution in [0.3, 0.4) is 0 Å². The van der Waals surface area contributed by atoms with Crippen molar-refractivity contribution in [2.75, 3.05) is 25.2 Å². The van der Waals surface area contributed by atoms with Crippen molar-refractivity contribution in [1.82, 2.24) is 0 Å². The third-order valence-corrected chi connectivity index (χ3v) is 7.92. The van der Waals surface area contributed by atoms with E-state index >= 15 is 0 Å². The van der Waals surface area contributed by atoms with Gasteiger partial charge in [0.2, 0.25) is 0 Å². The molecule has 0 spiro atoms. The van der Waals surface area contributed by atoms with Crippen LogP contribution in [0.1, 0.15) is 91.4 Å². The van der Waals surface area contributed by atoms with Gasteiger partial charge in [-0.2, -0.15) is 0 Å². The maximum Gasteiger partial charge on any atom is 0.500 e. The molecule has 0 fully saturated rings. The Labute approximate surface area is 160 Å². The van der Waals surface area contributed by atoms with E-state index in [0.29, 0.717) is 19.8 Å². The Bertz CT molecular complexity index is 238. The van der Waals surface area contributed by atoms with E-state index in [4.69, 9.17) is 13.3 Å². The van der Waals surface area contributed by atoms with Gasteiger partial charge < -0.3 is 13.3 Å². The Hall–Kier alpha value is 0.577. The second kappa shape index (κ2) is 18.4. The Morgan fingerprint density at radius 1 is 0.542 bits per heavy atom. The van der Waals surface area contributed by atoms with Gasteiger partial charge in [0.1, 0.15) is 0 Å². The summed E-state index contributed by atoms with van der Waals surface area (Å²) >= 11 is 3.49. The van der Waals surface area contributed by atoms with E-state index in [2.05, 4.69) is 15.9 Å². The van der Waals surface area contributed by atoms with Crippen molar-refractivity contribution in [2.45, 2.75) is 97.4 Å². The SMILES string of the molecule is CCO[Si](CCCCCCCCCCCCCBr)(OCC)OCC. The molecule has 0 amide bonds. The lowest BCUT2D eigenvalue weighted by Crippen LogP contribution is -2.45. The third-order valence-electron chi connectivity index (χ3n) is 4.21. The summed E-state index contributed by atoms with van der Waals surface area (Å²) in [5.74, 6) is 0. The average molecular weight is 426 g/mol. The highest BCUT2D eigenvalue weighted by Crippen LogP contribution is 2.21. The fourth-order valence-electron chi connectivity index (χ4n) is 3.03. The highest BCUT2D eigenvalue weighted by atomic mass is 79.9. The zero-order valence-corrected chi connectivity index (χ0v) is 19.0. The standard InChI is InChI=1S/C19H41BrO3Si/c1-4-21-24(22-5-2,23-6-3)19-17-15-13-11-9-7-8-10-12-14-16-18-20/h4-19H2,1-3H3. The second-order valence-electron chi connectivity index (χ2n) is 6.31. The van der Waals surface area contributed by atoms with Gasteiger partial charge in [-0.15, -0.1) is 0 Å². The monoisotopic (exact) mass is 424 g/mol. The van der Waals surface area contributed by atoms with Crippen molar-refractivity contribution in [1.29, 1.82) is 0 Å². The molecule has 0 radical (unpaired) electrons. The lowest BCUT2D eigenvalue weighted by Gasteiger charge is -2.28. The minimum Gasteiger partial charge on any atom is -0.374 e. The molecule has 0 saturated heterocycles. The van der Waals surface area contributed by atoms with Crippen molar-refractivity contribution in [3.05, 3.63) is 0 Å². The number of unbranched alkanes of at least 4 members (excludes halogenated alkanes) is 10. The summed E-state index contributed by atoms with van der Waals surface area (Å²) in [5.41, 5.74) is 0. The van der Waals surface area contributed by atoms with E-state index in [1.54, 1.807) is 0 Å². The molecule has 146 valence electrons. The molecule has 0 aromatic rings. The minimum absolute atomic E-state index is 0.682. The van der Waals surface area contributed by atoms with Crippen LogP contribution in [0.25, 0.3) is 0 Å². The summed E-state index contributed by atoms with van der Waals surface area (Å²) < 4.78 is 17.7. The van der Waals surface area contributed by atoms with Gasteiger partial charge in [-0.05, 0) is 33.6 Å². The van der Waals surface area contributed by atoms with Crippen molar-refractivity contribution in [3.63, 3.8) is 0 Å². The predicted molar refractivity (Wildman–Crippen MR) is 110 cm³/mol. The quantitative estimate of drug-likeness (QED) is 0.131. The maximum atomic E-state index is 5.90. The first-order valence-electron chi connectivity index (χ1n) is 10.2. The van der Waals surface area contributed by atoms with Crippen molar-refractivity contribution < 1.29 is 13.3 Å². The summed E-state index contributed by atoms with van der Waals surface area (Å²) in [6.45, 7) is 8.13. The molecule has 0 N–H and O–H groups in total. The molecule has 0 bridgehead atoms. The van der Waals surface area contributed by atoms with E-state index in [-0.39, 0.29) is 0 Å². The molecule has 0 atom stereocenters. The Kier molecular flexibility index (Phi) is 18.8. The second-order valence-corrected chi connectivity index (χ2v) is 9.84. The fourth-order valence-corrected chi connectivity index (χ4v) is 6.11. The zero-order chi connectivity index (χ0) is 17.9. The molecule has 0 rings (SSSR count). The molecule has 0 unspecified atom stereocenters. The van der Waals surface area contributed by atoms with E-state index < -0.39 is 8.80 Å². The number of hydrogen-bond acceptors (Lipinski definition) is 3. The average Bonchev–Trinajstić information content (AvgIpc) is 2.56. The molecule has 0 heterocycles. The third kappa shape index (κ3) is 13.8. The molecule has 0 saturated carbocycles. The molecule has 0 aliphatic heterocycles. The summed E-state index contributed by atoms with van der Waals surface area (Å²) in [5, 5.41) is 1.16. The first-order valence-corrected chi connectivity index (χ1v) is 13.3. The van der Waals surface area contributed by atoms with Gasteiger partial charge in [0.25, 0.3) is 0 Å². The van der Waals surface area contributed by atoms with E-state index in [1.165, 1.54) is 70.6 Å². The van der Waals surface area contributed by atoms with Crippen LogP contribution in [0.15, 0.2) is 0 Å². The highest BCUT2D eigenvalue weighted by molar-refractivity contribution is 9.09. The van der Waals surface area contributed by atoms with Crippen molar-refractivity contribution in [2.24, 2.45) is 0 Å². The maximum absolute atomic E-state index is 5.90. The Balaban J connectivity index is 3.60. The summed E-state index contributed by atoms with van der Waals surface area (Å²) in [6.07, 6.45) is 14.9. The summed E-state index contributed by atoms with van der Waals surface area (Å²) in [6, 6.07) is 0.968. The molecule has 0 aliphatic carbocycles. The predicted octanol–water partition coefficient (Wildman–Crippen LogP) is 6.72. The van der Waals surface area contributed by atoms with Gasteiger partial charge in [-0.3, -0.25) is 0 Å². The number of rotatable bonds is 19. The van der Waals surface area contributed by atoms with Gasteiger partial charge in [0.15, 0.2) is 0 Å². The van der Waals surface area contributed by atoms with Gasteiger partial charge in [0.05, 0.1) is 0 Å². The van der Waals surface area contributed by atoms with E-state index in [9.17, 15) is 0 Å². The van der Waals surface area contributed by atoms with E-state index in [1.807, 2.05) is 20.8 Å². The molecule has 5 heteroatoms. The van der Waals surface area contributed by atoms with Crippen LogP contribution in [-0.2, 0) is 13.3 Å². The van der Waals surface area contributed by atoms with Crippen LogP contribution >= 0.6 is 15.9 Å². The highest BCUT2D eigenvalue weighted by Gasteiger charge is 2.39. The molecule has 0 aromatic carbocycles. The lowest BCUT2D eigenvalue weighted by atomic mass is 10.1. The number of halogens is 1. The van der Waals surface area contributed by atoms with Crippen LogP contribution in [0.4, 0.5) is 0 Å². The number of hydrogen-bond donors (Lipinski definition) is 0. The lowest BCUT2D eigenvalue weighted by molar-refractivity contribution is 0.0706. The van der Waals surface area contributed by atoms with Crippen LogP contribution in [0.2, 0.25) is 6.04 Å². The summed E-state index contributed by atoms with van der Waals surface area (Å²) in [4.78, 5) is 0. The zero-order valence-electron chi connectivity index (χ0n) is 16.4. The topological polar surface area (TPSA) is 27.7 Å². The molecule has 0 aromatic heterocycles. The largest absolute Gasteiger partial charge is 0.500 e. The first-order chi connectivity index (χ1) is 11.7. The van der Waals surface area contributed by atoms with Gasteiger partial charge in [0, 0.05) is 31.2 Å². The smallest absolute Gasteiger partial charge is 0.374 e. The Morgan fingerprint density at radius 3 is 1.21 bits per heavy atom. The molecule has 3 nitrogen and oxygen atoms in total. The summed E-state index contributed by atoms with van der Waals surface area (Å²) in [7, 11) is -2.40.